The Bertz CT molecular complexity index is 894. The zero-order chi connectivity index (χ0) is 18.6. The van der Waals surface area contributed by atoms with Gasteiger partial charge in [0, 0.05) is 32.0 Å². The average Bonchev–Trinajstić information content (AvgIpc) is 3.37. The number of rotatable bonds is 5. The van der Waals surface area contributed by atoms with E-state index < -0.39 is 0 Å². The maximum Gasteiger partial charge on any atom is 0.286 e. The van der Waals surface area contributed by atoms with Gasteiger partial charge in [-0.25, -0.2) is 4.98 Å². The van der Waals surface area contributed by atoms with E-state index in [4.69, 9.17) is 9.40 Å². The molecule has 3 aromatic rings. The molecule has 1 N–H and O–H groups in total. The van der Waals surface area contributed by atoms with Crippen LogP contribution in [0.25, 0.3) is 10.2 Å². The Labute approximate surface area is 161 Å². The van der Waals surface area contributed by atoms with Crippen LogP contribution in [0.1, 0.15) is 40.7 Å². The van der Waals surface area contributed by atoms with Crippen molar-refractivity contribution in [1.82, 2.24) is 15.2 Å². The number of amides is 2. The second kappa shape index (κ2) is 7.92. The van der Waals surface area contributed by atoms with E-state index in [1.54, 1.807) is 23.5 Å². The summed E-state index contributed by atoms with van der Waals surface area (Å²) in [5, 5.41) is 3.89. The molecule has 1 aliphatic rings. The summed E-state index contributed by atoms with van der Waals surface area (Å²) in [7, 11) is 0. The summed E-state index contributed by atoms with van der Waals surface area (Å²) in [6, 6.07) is 11.5. The topological polar surface area (TPSA) is 75.4 Å². The van der Waals surface area contributed by atoms with Crippen molar-refractivity contribution in [1.29, 1.82) is 0 Å². The van der Waals surface area contributed by atoms with Crippen LogP contribution in [-0.4, -0.2) is 41.3 Å². The van der Waals surface area contributed by atoms with Crippen molar-refractivity contribution in [2.24, 2.45) is 0 Å². The number of carbonyl (C=O) groups is 2. The first kappa shape index (κ1) is 17.7. The number of nitrogens with zero attached hydrogens (tertiary/aromatic N) is 2. The molecule has 0 bridgehead atoms. The third-order valence-corrected chi connectivity index (χ3v) is 6.08. The number of aromatic nitrogens is 1. The largest absolute Gasteiger partial charge is 0.459 e. The van der Waals surface area contributed by atoms with Crippen LogP contribution >= 0.6 is 11.3 Å². The number of likely N-dealkylation sites (tertiary alicyclic amines) is 1. The molecule has 7 heteroatoms. The minimum Gasteiger partial charge on any atom is -0.459 e. The van der Waals surface area contributed by atoms with Gasteiger partial charge in [-0.1, -0.05) is 12.1 Å². The predicted octanol–water partition coefficient (Wildman–Crippen LogP) is 3.42. The molecule has 1 fully saturated rings. The second-order valence-corrected chi connectivity index (χ2v) is 7.72. The standard InChI is InChI=1S/C20H21N3O3S/c24-18(7-10-21-19(25)16-5-3-13-26-16)23-11-8-14(9-12-23)20-22-15-4-1-2-6-17(15)27-20/h1-6,13-14H,7-12H2,(H,21,25). The Hall–Kier alpha value is -2.67. The lowest BCUT2D eigenvalue weighted by atomic mass is 9.97. The molecule has 140 valence electrons. The fourth-order valence-corrected chi connectivity index (χ4v) is 4.51. The van der Waals surface area contributed by atoms with Gasteiger partial charge in [-0.05, 0) is 37.1 Å². The van der Waals surface area contributed by atoms with E-state index in [1.807, 2.05) is 23.1 Å². The van der Waals surface area contributed by atoms with E-state index in [9.17, 15) is 9.59 Å². The lowest BCUT2D eigenvalue weighted by molar-refractivity contribution is -0.132. The molecule has 0 radical (unpaired) electrons. The molecular weight excluding hydrogens is 362 g/mol. The molecule has 1 aliphatic heterocycles. The van der Waals surface area contributed by atoms with Gasteiger partial charge in [0.2, 0.25) is 5.91 Å². The minimum absolute atomic E-state index is 0.0810. The summed E-state index contributed by atoms with van der Waals surface area (Å²) in [5.41, 5.74) is 1.06. The lowest BCUT2D eigenvalue weighted by Crippen LogP contribution is -2.39. The van der Waals surface area contributed by atoms with Crippen molar-refractivity contribution >= 4 is 33.4 Å². The summed E-state index contributed by atoms with van der Waals surface area (Å²) in [6.45, 7) is 1.80. The van der Waals surface area contributed by atoms with Gasteiger partial charge in [-0.3, -0.25) is 9.59 Å². The lowest BCUT2D eigenvalue weighted by Gasteiger charge is -2.31. The summed E-state index contributed by atoms with van der Waals surface area (Å²) < 4.78 is 6.25. The van der Waals surface area contributed by atoms with Crippen molar-refractivity contribution in [2.75, 3.05) is 19.6 Å². The first-order valence-corrected chi connectivity index (χ1v) is 9.97. The highest BCUT2D eigenvalue weighted by Gasteiger charge is 2.25. The Balaban J connectivity index is 1.25. The van der Waals surface area contributed by atoms with E-state index in [1.165, 1.54) is 16.0 Å². The highest BCUT2D eigenvalue weighted by molar-refractivity contribution is 7.18. The Morgan fingerprint density at radius 3 is 2.74 bits per heavy atom. The van der Waals surface area contributed by atoms with Crippen molar-refractivity contribution in [3.63, 3.8) is 0 Å². The van der Waals surface area contributed by atoms with Gasteiger partial charge in [-0.15, -0.1) is 11.3 Å². The molecule has 27 heavy (non-hydrogen) atoms. The molecular formula is C20H21N3O3S. The molecule has 0 saturated carbocycles. The summed E-state index contributed by atoms with van der Waals surface area (Å²) in [4.78, 5) is 30.8. The summed E-state index contributed by atoms with van der Waals surface area (Å²) >= 11 is 1.76. The monoisotopic (exact) mass is 383 g/mol. The van der Waals surface area contributed by atoms with Gasteiger partial charge >= 0.3 is 0 Å². The van der Waals surface area contributed by atoms with E-state index >= 15 is 0 Å². The number of hydrogen-bond acceptors (Lipinski definition) is 5. The zero-order valence-corrected chi connectivity index (χ0v) is 15.7. The number of thiazole rings is 1. The highest BCUT2D eigenvalue weighted by Crippen LogP contribution is 2.33. The van der Waals surface area contributed by atoms with E-state index in [-0.39, 0.29) is 17.6 Å². The van der Waals surface area contributed by atoms with Crippen LogP contribution in [0.2, 0.25) is 0 Å². The third-order valence-electron chi connectivity index (χ3n) is 4.88. The smallest absolute Gasteiger partial charge is 0.286 e. The molecule has 1 saturated heterocycles. The molecule has 2 aromatic heterocycles. The molecule has 0 spiro atoms. The normalized spacial score (nSPS) is 15.2. The number of piperidine rings is 1. The van der Waals surface area contributed by atoms with Crippen LogP contribution in [0, 0.1) is 0 Å². The molecule has 0 aliphatic carbocycles. The molecule has 0 unspecified atom stereocenters. The van der Waals surface area contributed by atoms with Gasteiger partial charge in [0.05, 0.1) is 21.5 Å². The molecule has 2 amide bonds. The van der Waals surface area contributed by atoms with Crippen LogP contribution in [0.5, 0.6) is 0 Å². The van der Waals surface area contributed by atoms with Crippen molar-refractivity contribution in [3.8, 4) is 0 Å². The number of fused-ring (bicyclic) bond motifs is 1. The number of carbonyl (C=O) groups excluding carboxylic acids is 2. The van der Waals surface area contributed by atoms with Gasteiger partial charge in [0.1, 0.15) is 0 Å². The van der Waals surface area contributed by atoms with E-state index in [0.29, 0.717) is 18.9 Å². The number of hydrogen-bond donors (Lipinski definition) is 1. The fourth-order valence-electron chi connectivity index (χ4n) is 3.38. The summed E-state index contributed by atoms with van der Waals surface area (Å²) in [5.74, 6) is 0.476. The molecule has 3 heterocycles. The van der Waals surface area contributed by atoms with Gasteiger partial charge in [-0.2, -0.15) is 0 Å². The Morgan fingerprint density at radius 2 is 2.00 bits per heavy atom. The number of nitrogens with one attached hydrogen (secondary N) is 1. The van der Waals surface area contributed by atoms with Crippen molar-refractivity contribution in [3.05, 3.63) is 53.4 Å². The maximum atomic E-state index is 12.4. The first-order chi connectivity index (χ1) is 13.2. The first-order valence-electron chi connectivity index (χ1n) is 9.15. The quantitative estimate of drug-likeness (QED) is 0.733. The average molecular weight is 383 g/mol. The van der Waals surface area contributed by atoms with Crippen LogP contribution in [-0.2, 0) is 4.79 Å². The van der Waals surface area contributed by atoms with E-state index in [2.05, 4.69) is 11.4 Å². The van der Waals surface area contributed by atoms with Crippen molar-refractivity contribution in [2.45, 2.75) is 25.2 Å². The Morgan fingerprint density at radius 1 is 1.19 bits per heavy atom. The van der Waals surface area contributed by atoms with Gasteiger partial charge in [0.25, 0.3) is 5.91 Å². The zero-order valence-electron chi connectivity index (χ0n) is 14.9. The van der Waals surface area contributed by atoms with Crippen LogP contribution in [0.15, 0.2) is 47.1 Å². The van der Waals surface area contributed by atoms with Crippen molar-refractivity contribution < 1.29 is 14.0 Å². The Kier molecular flexibility index (Phi) is 5.20. The van der Waals surface area contributed by atoms with Gasteiger partial charge in [0.15, 0.2) is 5.76 Å². The highest BCUT2D eigenvalue weighted by atomic mass is 32.1. The fraction of sp³-hybridized carbons (Fsp3) is 0.350. The van der Waals surface area contributed by atoms with Crippen LogP contribution < -0.4 is 5.32 Å². The third kappa shape index (κ3) is 4.03. The van der Waals surface area contributed by atoms with Crippen LogP contribution in [0.3, 0.4) is 0 Å². The number of para-hydroxylation sites is 1. The van der Waals surface area contributed by atoms with Crippen LogP contribution in [0.4, 0.5) is 0 Å². The molecule has 0 atom stereocenters. The SMILES string of the molecule is O=C(NCCC(=O)N1CCC(c2nc3ccccc3s2)CC1)c1ccco1. The second-order valence-electron chi connectivity index (χ2n) is 6.66. The molecule has 1 aromatic carbocycles. The number of furan rings is 1. The number of benzene rings is 1. The molecule has 4 rings (SSSR count). The van der Waals surface area contributed by atoms with Gasteiger partial charge < -0.3 is 14.6 Å². The maximum absolute atomic E-state index is 12.4. The predicted molar refractivity (Wildman–Crippen MR) is 104 cm³/mol. The summed E-state index contributed by atoms with van der Waals surface area (Å²) in [6.07, 6.45) is 3.63. The molecule has 6 nitrogen and oxygen atoms in total. The minimum atomic E-state index is -0.289. The van der Waals surface area contributed by atoms with E-state index in [0.717, 1.165) is 31.4 Å².